The van der Waals surface area contributed by atoms with Crippen molar-refractivity contribution in [3.63, 3.8) is 0 Å². The minimum absolute atomic E-state index is 0.0373. The number of rotatable bonds is 3. The Hall–Kier alpha value is -2.24. The summed E-state index contributed by atoms with van der Waals surface area (Å²) in [5.41, 5.74) is 0.672. The monoisotopic (exact) mass is 249 g/mol. The Kier molecular flexibility index (Phi) is 3.66. The fourth-order valence-corrected chi connectivity index (χ4v) is 1.73. The molecule has 2 rings (SSSR count). The van der Waals surface area contributed by atoms with Crippen LogP contribution >= 0.6 is 0 Å². The van der Waals surface area contributed by atoms with Gasteiger partial charge in [0.1, 0.15) is 5.75 Å². The average molecular weight is 249 g/mol. The Balaban J connectivity index is 1.84. The molecule has 1 aromatic carbocycles. The van der Waals surface area contributed by atoms with Crippen molar-refractivity contribution in [1.29, 1.82) is 0 Å². The van der Waals surface area contributed by atoms with Crippen LogP contribution in [0.4, 0.5) is 10.5 Å². The molecule has 0 saturated carbocycles. The smallest absolute Gasteiger partial charge is 0.319 e. The highest BCUT2D eigenvalue weighted by Gasteiger charge is 2.22. The van der Waals surface area contributed by atoms with Crippen molar-refractivity contribution in [2.45, 2.75) is 12.5 Å². The second kappa shape index (κ2) is 5.39. The first kappa shape index (κ1) is 12.2. The van der Waals surface area contributed by atoms with Crippen LogP contribution < -0.4 is 20.7 Å². The van der Waals surface area contributed by atoms with Crippen LogP contribution in [0.1, 0.15) is 6.42 Å². The van der Waals surface area contributed by atoms with Crippen molar-refractivity contribution in [2.75, 3.05) is 19.0 Å². The summed E-state index contributed by atoms with van der Waals surface area (Å²) in [6, 6.07) is 6.55. The van der Waals surface area contributed by atoms with Gasteiger partial charge in [-0.05, 0) is 24.3 Å². The zero-order valence-corrected chi connectivity index (χ0v) is 10.0. The van der Waals surface area contributed by atoms with Crippen LogP contribution in [-0.2, 0) is 4.79 Å². The predicted molar refractivity (Wildman–Crippen MR) is 66.6 cm³/mol. The van der Waals surface area contributed by atoms with Crippen LogP contribution in [-0.4, -0.2) is 31.6 Å². The third-order valence-electron chi connectivity index (χ3n) is 2.66. The van der Waals surface area contributed by atoms with Crippen molar-refractivity contribution in [2.24, 2.45) is 0 Å². The van der Waals surface area contributed by atoms with E-state index in [0.29, 0.717) is 18.7 Å². The topological polar surface area (TPSA) is 79.5 Å². The van der Waals surface area contributed by atoms with E-state index in [1.54, 1.807) is 31.4 Å². The molecule has 6 heteroatoms. The van der Waals surface area contributed by atoms with Gasteiger partial charge in [0.2, 0.25) is 5.91 Å². The Bertz CT molecular complexity index is 444. The molecule has 18 heavy (non-hydrogen) atoms. The van der Waals surface area contributed by atoms with Gasteiger partial charge in [-0.25, -0.2) is 4.79 Å². The van der Waals surface area contributed by atoms with E-state index in [-0.39, 0.29) is 18.0 Å². The fourth-order valence-electron chi connectivity index (χ4n) is 1.73. The van der Waals surface area contributed by atoms with Gasteiger partial charge in [0.25, 0.3) is 0 Å². The molecule has 0 bridgehead atoms. The maximum absolute atomic E-state index is 11.6. The van der Waals surface area contributed by atoms with Crippen LogP contribution in [0.5, 0.6) is 5.75 Å². The van der Waals surface area contributed by atoms with Gasteiger partial charge < -0.3 is 20.7 Å². The molecule has 0 radical (unpaired) electrons. The van der Waals surface area contributed by atoms with Crippen LogP contribution in [0.25, 0.3) is 0 Å². The molecule has 3 amide bonds. The van der Waals surface area contributed by atoms with E-state index >= 15 is 0 Å². The number of carbonyl (C=O) groups is 2. The quantitative estimate of drug-likeness (QED) is 0.738. The number of benzene rings is 1. The molecule has 1 fully saturated rings. The highest BCUT2D eigenvalue weighted by molar-refractivity contribution is 5.90. The normalized spacial score (nSPS) is 18.1. The number of amides is 3. The zero-order chi connectivity index (χ0) is 13.0. The lowest BCUT2D eigenvalue weighted by atomic mass is 10.2. The first-order chi connectivity index (χ1) is 8.67. The molecule has 6 nitrogen and oxygen atoms in total. The van der Waals surface area contributed by atoms with Crippen molar-refractivity contribution >= 4 is 17.6 Å². The van der Waals surface area contributed by atoms with Gasteiger partial charge >= 0.3 is 6.03 Å². The lowest BCUT2D eigenvalue weighted by Crippen LogP contribution is -2.39. The summed E-state index contributed by atoms with van der Waals surface area (Å²) < 4.78 is 5.02. The van der Waals surface area contributed by atoms with E-state index < -0.39 is 0 Å². The molecule has 3 N–H and O–H groups in total. The molecule has 0 aromatic heterocycles. The molecular weight excluding hydrogens is 234 g/mol. The summed E-state index contributed by atoms with van der Waals surface area (Å²) in [6.45, 7) is 0.481. The SMILES string of the molecule is COc1ccc(NC(=O)N[C@@H]2CNC(=O)C2)cc1. The minimum Gasteiger partial charge on any atom is -0.497 e. The highest BCUT2D eigenvalue weighted by Crippen LogP contribution is 2.14. The maximum Gasteiger partial charge on any atom is 0.319 e. The molecule has 1 aliphatic heterocycles. The van der Waals surface area contributed by atoms with E-state index in [4.69, 9.17) is 4.74 Å². The van der Waals surface area contributed by atoms with E-state index in [1.165, 1.54) is 0 Å². The Morgan fingerprint density at radius 1 is 1.39 bits per heavy atom. The Morgan fingerprint density at radius 3 is 2.67 bits per heavy atom. The molecule has 1 atom stereocenters. The summed E-state index contributed by atoms with van der Waals surface area (Å²) in [6.07, 6.45) is 0.329. The second-order valence-electron chi connectivity index (χ2n) is 4.03. The molecule has 96 valence electrons. The van der Waals surface area contributed by atoms with E-state index in [9.17, 15) is 9.59 Å². The number of hydrogen-bond donors (Lipinski definition) is 3. The van der Waals surface area contributed by atoms with E-state index in [1.807, 2.05) is 0 Å². The summed E-state index contributed by atoms with van der Waals surface area (Å²) in [4.78, 5) is 22.6. The Labute approximate surface area is 105 Å². The zero-order valence-electron chi connectivity index (χ0n) is 10.0. The summed E-state index contributed by atoms with van der Waals surface area (Å²) in [5.74, 6) is 0.691. The third kappa shape index (κ3) is 3.13. The minimum atomic E-state index is -0.318. The van der Waals surface area contributed by atoms with Gasteiger partial charge in [0.15, 0.2) is 0 Å². The molecule has 0 spiro atoms. The van der Waals surface area contributed by atoms with E-state index in [0.717, 1.165) is 5.75 Å². The second-order valence-corrected chi connectivity index (χ2v) is 4.03. The van der Waals surface area contributed by atoms with Gasteiger partial charge in [0, 0.05) is 18.7 Å². The van der Waals surface area contributed by atoms with Crippen LogP contribution in [0, 0.1) is 0 Å². The van der Waals surface area contributed by atoms with Gasteiger partial charge in [0.05, 0.1) is 13.2 Å². The lowest BCUT2D eigenvalue weighted by molar-refractivity contribution is -0.119. The molecular formula is C12H15N3O3. The van der Waals surface area contributed by atoms with E-state index in [2.05, 4.69) is 16.0 Å². The molecule has 1 saturated heterocycles. The number of methoxy groups -OCH3 is 1. The number of carbonyl (C=O) groups excluding carboxylic acids is 2. The lowest BCUT2D eigenvalue weighted by Gasteiger charge is -2.11. The Morgan fingerprint density at radius 2 is 2.11 bits per heavy atom. The third-order valence-corrected chi connectivity index (χ3v) is 2.66. The predicted octanol–water partition coefficient (Wildman–Crippen LogP) is 0.705. The molecule has 0 aliphatic carbocycles. The molecule has 1 heterocycles. The van der Waals surface area contributed by atoms with Crippen LogP contribution in [0.3, 0.4) is 0 Å². The number of hydrogen-bond acceptors (Lipinski definition) is 3. The van der Waals surface area contributed by atoms with Gasteiger partial charge in [-0.3, -0.25) is 4.79 Å². The van der Waals surface area contributed by atoms with Gasteiger partial charge in [-0.2, -0.15) is 0 Å². The summed E-state index contributed by atoms with van der Waals surface area (Å²) in [5, 5.41) is 8.07. The largest absolute Gasteiger partial charge is 0.497 e. The van der Waals surface area contributed by atoms with Crippen molar-refractivity contribution < 1.29 is 14.3 Å². The standard InChI is InChI=1S/C12H15N3O3/c1-18-10-4-2-8(3-5-10)14-12(17)15-9-6-11(16)13-7-9/h2-5,9H,6-7H2,1H3,(H,13,16)(H2,14,15,17)/t9-/m0/s1. The number of ether oxygens (including phenoxy) is 1. The first-order valence-corrected chi connectivity index (χ1v) is 5.65. The summed E-state index contributed by atoms with van der Waals surface area (Å²) >= 11 is 0. The summed E-state index contributed by atoms with van der Waals surface area (Å²) in [7, 11) is 1.58. The van der Waals surface area contributed by atoms with Gasteiger partial charge in [-0.15, -0.1) is 0 Å². The molecule has 0 unspecified atom stereocenters. The van der Waals surface area contributed by atoms with Crippen molar-refractivity contribution in [1.82, 2.24) is 10.6 Å². The molecule has 1 aromatic rings. The maximum atomic E-state index is 11.6. The van der Waals surface area contributed by atoms with Gasteiger partial charge in [-0.1, -0.05) is 0 Å². The number of urea groups is 1. The molecule has 1 aliphatic rings. The average Bonchev–Trinajstić information content (AvgIpc) is 2.75. The van der Waals surface area contributed by atoms with Crippen molar-refractivity contribution in [3.05, 3.63) is 24.3 Å². The number of anilines is 1. The highest BCUT2D eigenvalue weighted by atomic mass is 16.5. The van der Waals surface area contributed by atoms with Crippen molar-refractivity contribution in [3.8, 4) is 5.75 Å². The number of nitrogens with one attached hydrogen (secondary N) is 3. The van der Waals surface area contributed by atoms with Crippen LogP contribution in [0.2, 0.25) is 0 Å². The fraction of sp³-hybridized carbons (Fsp3) is 0.333. The first-order valence-electron chi connectivity index (χ1n) is 5.65. The van der Waals surface area contributed by atoms with Crippen LogP contribution in [0.15, 0.2) is 24.3 Å².